The van der Waals surface area contributed by atoms with Crippen LogP contribution < -0.4 is 0 Å². The fourth-order valence-corrected chi connectivity index (χ4v) is 1.68. The van der Waals surface area contributed by atoms with Crippen LogP contribution in [0.1, 0.15) is 0 Å². The Labute approximate surface area is 187 Å². The van der Waals surface area contributed by atoms with Crippen LogP contribution in [0.3, 0.4) is 0 Å². The van der Waals surface area contributed by atoms with Crippen molar-refractivity contribution in [1.29, 1.82) is 0 Å². The zero-order chi connectivity index (χ0) is 30.5. The zero-order valence-electron chi connectivity index (χ0n) is 16.2. The number of carbonyl (C=O) groups is 1. The highest BCUT2D eigenvalue weighted by Gasteiger charge is 2.93. The molecule has 0 spiro atoms. The molecule has 37 heavy (non-hydrogen) atoms. The Morgan fingerprint density at radius 3 is 1.11 bits per heavy atom. The lowest BCUT2D eigenvalue weighted by atomic mass is 9.89. The fourth-order valence-electron chi connectivity index (χ4n) is 1.68. The van der Waals surface area contributed by atoms with Gasteiger partial charge in [-0.25, -0.2) is 13.6 Å². The van der Waals surface area contributed by atoms with Crippen molar-refractivity contribution in [2.24, 2.45) is 0 Å². The maximum atomic E-state index is 13.4. The molecule has 222 valence electrons. The molecule has 0 fully saturated rings. The van der Waals surface area contributed by atoms with Gasteiger partial charge in [-0.2, -0.15) is 83.4 Å². The van der Waals surface area contributed by atoms with Gasteiger partial charge >= 0.3 is 66.1 Å². The number of rotatable bonds is 11. The molecule has 3 nitrogen and oxygen atoms in total. The van der Waals surface area contributed by atoms with Gasteiger partial charge in [-0.05, 0) is 0 Å². The molecule has 0 aromatic rings. The van der Waals surface area contributed by atoms with E-state index in [0.717, 1.165) is 0 Å². The van der Waals surface area contributed by atoms with E-state index in [4.69, 9.17) is 0 Å². The molecule has 0 aliphatic carbocycles. The summed E-state index contributed by atoms with van der Waals surface area (Å²) < 4.78 is 275. The molecule has 0 radical (unpaired) electrons. The van der Waals surface area contributed by atoms with Crippen LogP contribution in [0.15, 0.2) is 0 Å². The van der Waals surface area contributed by atoms with Crippen molar-refractivity contribution in [3.8, 4) is 0 Å². The third kappa shape index (κ3) is 5.50. The summed E-state index contributed by atoms with van der Waals surface area (Å²) in [7, 11) is 0. The van der Waals surface area contributed by atoms with Crippen LogP contribution >= 0.6 is 0 Å². The van der Waals surface area contributed by atoms with Crippen molar-refractivity contribution in [3.05, 3.63) is 0 Å². The van der Waals surface area contributed by atoms with Crippen molar-refractivity contribution in [2.45, 2.75) is 60.0 Å². The molecule has 0 saturated heterocycles. The molecule has 0 aliphatic rings. The first-order valence-corrected chi connectivity index (χ1v) is 7.96. The molecule has 0 aromatic heterocycles. The summed E-state index contributed by atoms with van der Waals surface area (Å²) in [5, 5.41) is 0. The van der Waals surface area contributed by atoms with E-state index in [2.05, 4.69) is 9.47 Å². The van der Waals surface area contributed by atoms with Crippen molar-refractivity contribution < 1.29 is 106 Å². The van der Waals surface area contributed by atoms with Gasteiger partial charge in [0.25, 0.3) is 0 Å². The molecule has 0 aliphatic heterocycles. The van der Waals surface area contributed by atoms with Crippen molar-refractivity contribution >= 4 is 6.16 Å². The Hall–Kier alpha value is -2.20. The predicted molar refractivity (Wildman–Crippen MR) is 68.9 cm³/mol. The van der Waals surface area contributed by atoms with Crippen LogP contribution in [0.4, 0.5) is 97.0 Å². The fraction of sp³-hybridized carbons (Fsp3) is 0.923. The van der Waals surface area contributed by atoms with E-state index in [0.29, 0.717) is 0 Å². The minimum atomic E-state index is -8.73. The lowest BCUT2D eigenvalue weighted by Gasteiger charge is -2.42. The quantitative estimate of drug-likeness (QED) is 0.187. The van der Waals surface area contributed by atoms with E-state index in [1.165, 1.54) is 0 Å². The number of hydrogen-bond donors (Lipinski definition) is 0. The highest BCUT2D eigenvalue weighted by Crippen LogP contribution is 2.62. The van der Waals surface area contributed by atoms with E-state index < -0.39 is 79.4 Å². The van der Waals surface area contributed by atoms with Crippen LogP contribution in [0, 0.1) is 0 Å². The highest BCUT2D eigenvalue weighted by molar-refractivity contribution is 5.60. The molecule has 0 unspecified atom stereocenters. The first-order valence-electron chi connectivity index (χ1n) is 7.96. The Morgan fingerprint density at radius 2 is 0.784 bits per heavy atom. The number of alkyl halides is 21. The molecule has 0 aromatic carbocycles. The minimum absolute atomic E-state index is 2.72. The largest absolute Gasteiger partial charge is 0.508 e. The van der Waals surface area contributed by atoms with E-state index in [-0.39, 0.29) is 0 Å². The molecule has 0 atom stereocenters. The first-order chi connectivity index (χ1) is 15.8. The standard InChI is InChI=1S/C13H5F21O3/c14-3(15)7(20,21)9(24,25)11(28,29)12(30,31)10(26,27)8(22,23)5(16,17)1-36-4(35)37-2-6(18,19)13(32,33)34/h3H,1-2H2. The lowest BCUT2D eigenvalue weighted by Crippen LogP contribution is -2.74. The number of hydrogen-bond acceptors (Lipinski definition) is 3. The third-order valence-electron chi connectivity index (χ3n) is 3.89. The van der Waals surface area contributed by atoms with E-state index >= 15 is 0 Å². The molecule has 24 heteroatoms. The normalized spacial score (nSPS) is 15.7. The predicted octanol–water partition coefficient (Wildman–Crippen LogP) is 7.05. The summed E-state index contributed by atoms with van der Waals surface area (Å²) in [5.41, 5.74) is 0. The smallest absolute Gasteiger partial charge is 0.428 e. The van der Waals surface area contributed by atoms with Gasteiger partial charge in [0.2, 0.25) is 0 Å². The Bertz CT molecular complexity index is 813. The average molecular weight is 608 g/mol. The summed E-state index contributed by atoms with van der Waals surface area (Å²) in [5.74, 6) is -63.2. The molecule has 0 amide bonds. The molecule has 0 heterocycles. The van der Waals surface area contributed by atoms with Gasteiger partial charge in [0.1, 0.15) is 0 Å². The van der Waals surface area contributed by atoms with Gasteiger partial charge in [-0.3, -0.25) is 0 Å². The Kier molecular flexibility index (Phi) is 8.95. The van der Waals surface area contributed by atoms with Gasteiger partial charge in [-0.1, -0.05) is 0 Å². The van der Waals surface area contributed by atoms with Crippen LogP contribution in [0.2, 0.25) is 0 Å². The van der Waals surface area contributed by atoms with E-state index in [1.54, 1.807) is 0 Å². The molecular formula is C13H5F21O3. The molecular weight excluding hydrogens is 603 g/mol. The summed E-state index contributed by atoms with van der Waals surface area (Å²) in [6.07, 6.45) is -15.8. The first kappa shape index (κ1) is 34.8. The number of halogens is 21. The second-order valence-electron chi connectivity index (χ2n) is 6.53. The van der Waals surface area contributed by atoms with Crippen molar-refractivity contribution in [3.63, 3.8) is 0 Å². The van der Waals surface area contributed by atoms with Gasteiger partial charge in [0.05, 0.1) is 0 Å². The Balaban J connectivity index is 6.05. The second-order valence-corrected chi connectivity index (χ2v) is 6.53. The number of carbonyl (C=O) groups excluding carboxylic acids is 1. The van der Waals surface area contributed by atoms with Gasteiger partial charge < -0.3 is 9.47 Å². The van der Waals surface area contributed by atoms with E-state index in [9.17, 15) is 97.0 Å². The monoisotopic (exact) mass is 608 g/mol. The summed E-state index contributed by atoms with van der Waals surface area (Å²) in [4.78, 5) is 10.7. The second kappa shape index (κ2) is 9.52. The lowest BCUT2D eigenvalue weighted by molar-refractivity contribution is -0.447. The van der Waals surface area contributed by atoms with Crippen LogP contribution in [-0.2, 0) is 9.47 Å². The molecule has 0 N–H and O–H groups in total. The maximum Gasteiger partial charge on any atom is 0.508 e. The van der Waals surface area contributed by atoms with Crippen molar-refractivity contribution in [1.82, 2.24) is 0 Å². The average Bonchev–Trinajstić information content (AvgIpc) is 2.68. The van der Waals surface area contributed by atoms with Crippen LogP contribution in [0.25, 0.3) is 0 Å². The van der Waals surface area contributed by atoms with Gasteiger partial charge in [0.15, 0.2) is 13.2 Å². The zero-order valence-corrected chi connectivity index (χ0v) is 16.2. The van der Waals surface area contributed by atoms with Gasteiger partial charge in [-0.15, -0.1) is 0 Å². The summed E-state index contributed by atoms with van der Waals surface area (Å²) in [6, 6.07) is 0. The highest BCUT2D eigenvalue weighted by atomic mass is 19.4. The van der Waals surface area contributed by atoms with Crippen molar-refractivity contribution in [2.75, 3.05) is 13.2 Å². The van der Waals surface area contributed by atoms with E-state index in [1.807, 2.05) is 0 Å². The Morgan fingerprint density at radius 1 is 0.486 bits per heavy atom. The van der Waals surface area contributed by atoms with Crippen LogP contribution in [0.5, 0.6) is 0 Å². The summed E-state index contributed by atoms with van der Waals surface area (Å²) >= 11 is 0. The number of ether oxygens (including phenoxy) is 2. The SMILES string of the molecule is O=C(OCC(F)(F)C(F)(F)F)OCC(F)(F)C(F)(F)C(F)(F)C(F)(F)C(F)(F)C(F)(F)C(F)(F)C(F)F. The van der Waals surface area contributed by atoms with Gasteiger partial charge in [0, 0.05) is 0 Å². The third-order valence-corrected chi connectivity index (χ3v) is 3.89. The van der Waals surface area contributed by atoms with Crippen LogP contribution in [-0.4, -0.2) is 79.4 Å². The molecule has 0 rings (SSSR count). The minimum Gasteiger partial charge on any atom is -0.428 e. The molecule has 0 bridgehead atoms. The maximum absolute atomic E-state index is 13.4. The molecule has 0 saturated carbocycles. The summed E-state index contributed by atoms with van der Waals surface area (Å²) in [6.45, 7) is -6.94. The topological polar surface area (TPSA) is 35.5 Å².